The summed E-state index contributed by atoms with van der Waals surface area (Å²) in [6.45, 7) is 0.869. The van der Waals surface area contributed by atoms with Gasteiger partial charge in [-0.3, -0.25) is 4.79 Å². The van der Waals surface area contributed by atoms with Crippen molar-refractivity contribution >= 4 is 27.5 Å². The Morgan fingerprint density at radius 3 is 2.19 bits per heavy atom. The van der Waals surface area contributed by atoms with Crippen molar-refractivity contribution < 1.29 is 17.6 Å². The molecule has 0 bridgehead atoms. The van der Waals surface area contributed by atoms with Crippen molar-refractivity contribution in [1.82, 2.24) is 9.62 Å². The standard InChI is InChI=1S/C18H18ClFN2O3S/c19-14-3-7-17(8-4-14)26(24,25)21-16-9-11-22(12-10-16)18(23)13-1-5-15(20)6-2-13/h1-8,16,21H,9-12H2. The number of hydrogen-bond acceptors (Lipinski definition) is 3. The molecule has 0 atom stereocenters. The van der Waals surface area contributed by atoms with E-state index in [4.69, 9.17) is 11.6 Å². The van der Waals surface area contributed by atoms with Crippen molar-refractivity contribution in [2.75, 3.05) is 13.1 Å². The molecule has 1 aliphatic rings. The molecule has 1 saturated heterocycles. The smallest absolute Gasteiger partial charge is 0.253 e. The van der Waals surface area contributed by atoms with Gasteiger partial charge in [-0.25, -0.2) is 17.5 Å². The van der Waals surface area contributed by atoms with Gasteiger partial charge in [-0.2, -0.15) is 0 Å². The van der Waals surface area contributed by atoms with Crippen LogP contribution in [0.4, 0.5) is 4.39 Å². The van der Waals surface area contributed by atoms with E-state index in [0.717, 1.165) is 0 Å². The van der Waals surface area contributed by atoms with Crippen LogP contribution < -0.4 is 4.72 Å². The fourth-order valence-electron chi connectivity index (χ4n) is 2.88. The molecule has 138 valence electrons. The van der Waals surface area contributed by atoms with Crippen molar-refractivity contribution in [3.63, 3.8) is 0 Å². The molecule has 1 heterocycles. The molecule has 2 aromatic rings. The van der Waals surface area contributed by atoms with Gasteiger partial charge >= 0.3 is 0 Å². The van der Waals surface area contributed by atoms with Gasteiger partial charge in [0, 0.05) is 29.7 Å². The lowest BCUT2D eigenvalue weighted by molar-refractivity contribution is 0.0711. The Morgan fingerprint density at radius 1 is 1.04 bits per heavy atom. The first kappa shape index (κ1) is 18.8. The molecule has 0 spiro atoms. The first-order chi connectivity index (χ1) is 12.3. The predicted molar refractivity (Wildman–Crippen MR) is 97.1 cm³/mol. The first-order valence-corrected chi connectivity index (χ1v) is 10.0. The molecule has 2 aromatic carbocycles. The number of nitrogens with zero attached hydrogens (tertiary/aromatic N) is 1. The Hall–Kier alpha value is -1.96. The van der Waals surface area contributed by atoms with E-state index in [0.29, 0.717) is 36.5 Å². The summed E-state index contributed by atoms with van der Waals surface area (Å²) in [5, 5.41) is 0.469. The van der Waals surface area contributed by atoms with Crippen LogP contribution in [0.5, 0.6) is 0 Å². The quantitative estimate of drug-likeness (QED) is 0.863. The molecule has 3 rings (SSSR count). The number of benzene rings is 2. The summed E-state index contributed by atoms with van der Waals surface area (Å²) in [6.07, 6.45) is 1.03. The molecule has 26 heavy (non-hydrogen) atoms. The Bertz CT molecular complexity index is 878. The van der Waals surface area contributed by atoms with Gasteiger partial charge in [-0.05, 0) is 61.4 Å². The highest BCUT2D eigenvalue weighted by molar-refractivity contribution is 7.89. The van der Waals surface area contributed by atoms with E-state index in [1.54, 1.807) is 4.90 Å². The van der Waals surface area contributed by atoms with Gasteiger partial charge < -0.3 is 4.90 Å². The fraction of sp³-hybridized carbons (Fsp3) is 0.278. The highest BCUT2D eigenvalue weighted by atomic mass is 35.5. The van der Waals surface area contributed by atoms with Crippen LogP contribution in [-0.4, -0.2) is 38.4 Å². The molecule has 1 aliphatic heterocycles. The van der Waals surface area contributed by atoms with Crippen molar-refractivity contribution in [2.45, 2.75) is 23.8 Å². The summed E-state index contributed by atoms with van der Waals surface area (Å²) >= 11 is 5.79. The Kier molecular flexibility index (Phi) is 5.60. The maximum atomic E-state index is 13.0. The van der Waals surface area contributed by atoms with Crippen LogP contribution in [-0.2, 0) is 10.0 Å². The lowest BCUT2D eigenvalue weighted by Crippen LogP contribution is -2.46. The number of likely N-dealkylation sites (tertiary alicyclic amines) is 1. The highest BCUT2D eigenvalue weighted by Gasteiger charge is 2.27. The van der Waals surface area contributed by atoms with Gasteiger partial charge in [0.15, 0.2) is 0 Å². The lowest BCUT2D eigenvalue weighted by atomic mass is 10.0. The summed E-state index contributed by atoms with van der Waals surface area (Å²) < 4.78 is 40.5. The van der Waals surface area contributed by atoms with Crippen LogP contribution in [0.3, 0.4) is 0 Å². The number of hydrogen-bond donors (Lipinski definition) is 1. The number of carbonyl (C=O) groups excluding carboxylic acids is 1. The third-order valence-corrected chi connectivity index (χ3v) is 6.11. The molecule has 1 N–H and O–H groups in total. The Labute approximate surface area is 156 Å². The molecule has 5 nitrogen and oxygen atoms in total. The van der Waals surface area contributed by atoms with E-state index in [2.05, 4.69) is 4.72 Å². The van der Waals surface area contributed by atoms with E-state index in [1.165, 1.54) is 48.5 Å². The number of nitrogens with one attached hydrogen (secondary N) is 1. The summed E-state index contributed by atoms with van der Waals surface area (Å²) in [5.74, 6) is -0.569. The third kappa shape index (κ3) is 4.41. The topological polar surface area (TPSA) is 66.5 Å². The summed E-state index contributed by atoms with van der Waals surface area (Å²) in [7, 11) is -3.63. The molecule has 0 radical (unpaired) electrons. The summed E-state index contributed by atoms with van der Waals surface area (Å²) in [6, 6.07) is 11.1. The van der Waals surface area contributed by atoms with Gasteiger partial charge in [-0.1, -0.05) is 11.6 Å². The third-order valence-electron chi connectivity index (χ3n) is 4.32. The van der Waals surface area contributed by atoms with Crippen LogP contribution in [0.15, 0.2) is 53.4 Å². The maximum absolute atomic E-state index is 13.0. The fourth-order valence-corrected chi connectivity index (χ4v) is 4.31. The lowest BCUT2D eigenvalue weighted by Gasteiger charge is -2.32. The average Bonchev–Trinajstić information content (AvgIpc) is 2.62. The largest absolute Gasteiger partial charge is 0.339 e. The summed E-state index contributed by atoms with van der Waals surface area (Å²) in [4.78, 5) is 14.2. The molecule has 1 fully saturated rings. The van der Waals surface area contributed by atoms with Gasteiger partial charge in [0.05, 0.1) is 4.90 Å². The van der Waals surface area contributed by atoms with E-state index < -0.39 is 15.8 Å². The van der Waals surface area contributed by atoms with Gasteiger partial charge in [0.1, 0.15) is 5.82 Å². The van der Waals surface area contributed by atoms with E-state index in [9.17, 15) is 17.6 Å². The van der Waals surface area contributed by atoms with E-state index in [1.807, 2.05) is 0 Å². The molecule has 8 heteroatoms. The van der Waals surface area contributed by atoms with Crippen LogP contribution in [0, 0.1) is 5.82 Å². The van der Waals surface area contributed by atoms with Gasteiger partial charge in [-0.15, -0.1) is 0 Å². The number of piperidine rings is 1. The van der Waals surface area contributed by atoms with Crippen molar-refractivity contribution in [3.8, 4) is 0 Å². The van der Waals surface area contributed by atoms with Crippen LogP contribution in [0.1, 0.15) is 23.2 Å². The number of halogens is 2. The Morgan fingerprint density at radius 2 is 1.62 bits per heavy atom. The molecular weight excluding hydrogens is 379 g/mol. The van der Waals surface area contributed by atoms with Crippen LogP contribution in [0.2, 0.25) is 5.02 Å². The second-order valence-electron chi connectivity index (χ2n) is 6.15. The second kappa shape index (κ2) is 7.73. The van der Waals surface area contributed by atoms with Crippen LogP contribution >= 0.6 is 11.6 Å². The van der Waals surface area contributed by atoms with Crippen molar-refractivity contribution in [2.24, 2.45) is 0 Å². The van der Waals surface area contributed by atoms with E-state index >= 15 is 0 Å². The SMILES string of the molecule is O=C(c1ccc(F)cc1)N1CCC(NS(=O)(=O)c2ccc(Cl)cc2)CC1. The molecule has 0 aliphatic carbocycles. The van der Waals surface area contributed by atoms with Gasteiger partial charge in [0.2, 0.25) is 10.0 Å². The molecule has 1 amide bonds. The predicted octanol–water partition coefficient (Wildman–Crippen LogP) is 3.06. The monoisotopic (exact) mass is 396 g/mol. The van der Waals surface area contributed by atoms with Gasteiger partial charge in [0.25, 0.3) is 5.91 Å². The zero-order valence-electron chi connectivity index (χ0n) is 13.9. The summed E-state index contributed by atoms with van der Waals surface area (Å²) in [5.41, 5.74) is 0.423. The number of sulfonamides is 1. The second-order valence-corrected chi connectivity index (χ2v) is 8.30. The van der Waals surface area contributed by atoms with E-state index in [-0.39, 0.29) is 16.8 Å². The minimum Gasteiger partial charge on any atom is -0.339 e. The first-order valence-electron chi connectivity index (χ1n) is 8.18. The molecule has 0 aromatic heterocycles. The number of carbonyl (C=O) groups is 1. The van der Waals surface area contributed by atoms with Crippen LogP contribution in [0.25, 0.3) is 0 Å². The number of amides is 1. The van der Waals surface area contributed by atoms with Crippen molar-refractivity contribution in [1.29, 1.82) is 0 Å². The molecule has 0 saturated carbocycles. The molecule has 0 unspecified atom stereocenters. The molecular formula is C18H18ClFN2O3S. The number of rotatable bonds is 4. The Balaban J connectivity index is 1.59. The highest BCUT2D eigenvalue weighted by Crippen LogP contribution is 2.18. The minimum absolute atomic E-state index is 0.159. The average molecular weight is 397 g/mol. The zero-order chi connectivity index (χ0) is 18.7. The van der Waals surface area contributed by atoms with Crippen molar-refractivity contribution in [3.05, 3.63) is 64.9 Å². The maximum Gasteiger partial charge on any atom is 0.253 e. The zero-order valence-corrected chi connectivity index (χ0v) is 15.4. The normalized spacial score (nSPS) is 15.8. The minimum atomic E-state index is -3.63.